The van der Waals surface area contributed by atoms with Crippen molar-refractivity contribution in [3.63, 3.8) is 0 Å². The van der Waals surface area contributed by atoms with Crippen molar-refractivity contribution in [2.24, 2.45) is 0 Å². The van der Waals surface area contributed by atoms with Gasteiger partial charge < -0.3 is 10.1 Å². The monoisotopic (exact) mass is 246 g/mol. The summed E-state index contributed by atoms with van der Waals surface area (Å²) in [5, 5.41) is 3.51. The fourth-order valence-electron chi connectivity index (χ4n) is 3.23. The zero-order valence-corrected chi connectivity index (χ0v) is 11.1. The second kappa shape index (κ2) is 5.29. The summed E-state index contributed by atoms with van der Waals surface area (Å²) in [5.74, 6) is 1.09. The third kappa shape index (κ3) is 2.13. The first-order valence-electron chi connectivity index (χ1n) is 7.08. The van der Waals surface area contributed by atoms with Crippen LogP contribution in [0.1, 0.15) is 31.4 Å². The first kappa shape index (κ1) is 12.0. The molecule has 3 rings (SSSR count). The van der Waals surface area contributed by atoms with E-state index in [-0.39, 0.29) is 0 Å². The largest absolute Gasteiger partial charge is 0.493 e. The van der Waals surface area contributed by atoms with Crippen molar-refractivity contribution in [1.29, 1.82) is 0 Å². The molecule has 1 N–H and O–H groups in total. The molecular formula is C15H22N2O. The summed E-state index contributed by atoms with van der Waals surface area (Å²) in [6, 6.07) is 9.73. The standard InChI is InChI=1S/C15H22N2O/c1-2-12-11-16-8-9-17(12)14-7-10-18-15-6-4-3-5-13(14)15/h3-6,12,14,16H,2,7-11H2,1H3. The highest BCUT2D eigenvalue weighted by Crippen LogP contribution is 2.37. The molecule has 0 spiro atoms. The minimum atomic E-state index is 0.544. The molecule has 0 radical (unpaired) electrons. The van der Waals surface area contributed by atoms with Crippen LogP contribution in [0, 0.1) is 0 Å². The number of piperazine rings is 1. The highest BCUT2D eigenvalue weighted by atomic mass is 16.5. The van der Waals surface area contributed by atoms with Crippen LogP contribution in [-0.2, 0) is 0 Å². The number of ether oxygens (including phenoxy) is 1. The van der Waals surface area contributed by atoms with E-state index >= 15 is 0 Å². The number of benzene rings is 1. The topological polar surface area (TPSA) is 24.5 Å². The molecule has 0 aromatic heterocycles. The molecule has 2 heterocycles. The summed E-state index contributed by atoms with van der Waals surface area (Å²) in [5.41, 5.74) is 1.38. The van der Waals surface area contributed by atoms with E-state index in [9.17, 15) is 0 Å². The summed E-state index contributed by atoms with van der Waals surface area (Å²) >= 11 is 0. The second-order valence-corrected chi connectivity index (χ2v) is 5.19. The van der Waals surface area contributed by atoms with Gasteiger partial charge in [-0.2, -0.15) is 0 Å². The average molecular weight is 246 g/mol. The van der Waals surface area contributed by atoms with Gasteiger partial charge in [-0.1, -0.05) is 25.1 Å². The lowest BCUT2D eigenvalue weighted by Gasteiger charge is -2.43. The third-order valence-corrected chi connectivity index (χ3v) is 4.19. The van der Waals surface area contributed by atoms with Gasteiger partial charge in [0.15, 0.2) is 0 Å². The average Bonchev–Trinajstić information content (AvgIpc) is 2.46. The summed E-state index contributed by atoms with van der Waals surface area (Å²) in [4.78, 5) is 2.68. The van der Waals surface area contributed by atoms with Crippen LogP contribution in [0.15, 0.2) is 24.3 Å². The molecule has 2 aliphatic rings. The van der Waals surface area contributed by atoms with Crippen molar-refractivity contribution in [2.45, 2.75) is 31.8 Å². The summed E-state index contributed by atoms with van der Waals surface area (Å²) in [6.07, 6.45) is 2.33. The molecule has 2 aliphatic heterocycles. The molecule has 1 saturated heterocycles. The van der Waals surface area contributed by atoms with E-state index in [1.165, 1.54) is 12.0 Å². The first-order chi connectivity index (χ1) is 8.90. The maximum Gasteiger partial charge on any atom is 0.124 e. The number of rotatable bonds is 2. The van der Waals surface area contributed by atoms with E-state index in [1.807, 2.05) is 0 Å². The van der Waals surface area contributed by atoms with Gasteiger partial charge in [0.2, 0.25) is 0 Å². The number of para-hydroxylation sites is 1. The van der Waals surface area contributed by atoms with Crippen molar-refractivity contribution in [3.05, 3.63) is 29.8 Å². The predicted octanol–water partition coefficient (Wildman–Crippen LogP) is 2.19. The Labute approximate surface area is 109 Å². The third-order valence-electron chi connectivity index (χ3n) is 4.19. The van der Waals surface area contributed by atoms with Gasteiger partial charge in [-0.25, -0.2) is 0 Å². The molecule has 2 atom stereocenters. The Morgan fingerprint density at radius 3 is 3.17 bits per heavy atom. The molecule has 1 aromatic carbocycles. The minimum absolute atomic E-state index is 0.544. The smallest absolute Gasteiger partial charge is 0.124 e. The normalized spacial score (nSPS) is 28.5. The molecular weight excluding hydrogens is 224 g/mol. The van der Waals surface area contributed by atoms with Crippen LogP contribution >= 0.6 is 0 Å². The van der Waals surface area contributed by atoms with Gasteiger partial charge in [0, 0.05) is 43.7 Å². The second-order valence-electron chi connectivity index (χ2n) is 5.19. The van der Waals surface area contributed by atoms with E-state index in [0.29, 0.717) is 12.1 Å². The van der Waals surface area contributed by atoms with Gasteiger partial charge in [0.1, 0.15) is 5.75 Å². The fraction of sp³-hybridized carbons (Fsp3) is 0.600. The Balaban J connectivity index is 1.88. The number of fused-ring (bicyclic) bond motifs is 1. The SMILES string of the molecule is CCC1CNCCN1C1CCOc2ccccc21. The number of hydrogen-bond acceptors (Lipinski definition) is 3. The molecule has 0 saturated carbocycles. The van der Waals surface area contributed by atoms with Crippen LogP contribution in [-0.4, -0.2) is 37.2 Å². The van der Waals surface area contributed by atoms with Gasteiger partial charge in [-0.05, 0) is 12.5 Å². The first-order valence-corrected chi connectivity index (χ1v) is 7.08. The van der Waals surface area contributed by atoms with E-state index in [2.05, 4.69) is 41.4 Å². The maximum absolute atomic E-state index is 5.77. The molecule has 0 amide bonds. The number of nitrogens with zero attached hydrogens (tertiary/aromatic N) is 1. The van der Waals surface area contributed by atoms with Crippen LogP contribution in [0.25, 0.3) is 0 Å². The van der Waals surface area contributed by atoms with Gasteiger partial charge in [0.25, 0.3) is 0 Å². The number of hydrogen-bond donors (Lipinski definition) is 1. The zero-order valence-electron chi connectivity index (χ0n) is 11.1. The Hall–Kier alpha value is -1.06. The molecule has 0 aliphatic carbocycles. The van der Waals surface area contributed by atoms with E-state index in [0.717, 1.165) is 38.4 Å². The van der Waals surface area contributed by atoms with Crippen molar-refractivity contribution in [3.8, 4) is 5.75 Å². The van der Waals surface area contributed by atoms with Crippen LogP contribution in [0.5, 0.6) is 5.75 Å². The molecule has 1 aromatic rings. The lowest BCUT2D eigenvalue weighted by molar-refractivity contribution is 0.0743. The van der Waals surface area contributed by atoms with Gasteiger partial charge in [-0.3, -0.25) is 4.90 Å². The Morgan fingerprint density at radius 2 is 2.28 bits per heavy atom. The van der Waals surface area contributed by atoms with Crippen molar-refractivity contribution in [1.82, 2.24) is 10.2 Å². The van der Waals surface area contributed by atoms with Gasteiger partial charge in [-0.15, -0.1) is 0 Å². The molecule has 2 unspecified atom stereocenters. The minimum Gasteiger partial charge on any atom is -0.493 e. The maximum atomic E-state index is 5.77. The van der Waals surface area contributed by atoms with E-state index in [4.69, 9.17) is 4.74 Å². The predicted molar refractivity (Wildman–Crippen MR) is 72.9 cm³/mol. The van der Waals surface area contributed by atoms with Crippen LogP contribution in [0.3, 0.4) is 0 Å². The van der Waals surface area contributed by atoms with Crippen LogP contribution < -0.4 is 10.1 Å². The van der Waals surface area contributed by atoms with E-state index < -0.39 is 0 Å². The van der Waals surface area contributed by atoms with Crippen molar-refractivity contribution < 1.29 is 4.74 Å². The Morgan fingerprint density at radius 1 is 1.39 bits per heavy atom. The zero-order chi connectivity index (χ0) is 12.4. The van der Waals surface area contributed by atoms with E-state index in [1.54, 1.807) is 0 Å². The Kier molecular flexibility index (Phi) is 3.52. The summed E-state index contributed by atoms with van der Waals surface area (Å²) < 4.78 is 5.77. The number of nitrogens with one attached hydrogen (secondary N) is 1. The fourth-order valence-corrected chi connectivity index (χ4v) is 3.23. The highest BCUT2D eigenvalue weighted by molar-refractivity contribution is 5.37. The molecule has 98 valence electrons. The molecule has 3 nitrogen and oxygen atoms in total. The Bertz CT molecular complexity index is 407. The molecule has 1 fully saturated rings. The summed E-state index contributed by atoms with van der Waals surface area (Å²) in [7, 11) is 0. The lowest BCUT2D eigenvalue weighted by Crippen LogP contribution is -2.52. The van der Waals surface area contributed by atoms with Crippen molar-refractivity contribution in [2.75, 3.05) is 26.2 Å². The van der Waals surface area contributed by atoms with Gasteiger partial charge >= 0.3 is 0 Å². The molecule has 18 heavy (non-hydrogen) atoms. The highest BCUT2D eigenvalue weighted by Gasteiger charge is 2.32. The van der Waals surface area contributed by atoms with Crippen LogP contribution in [0.2, 0.25) is 0 Å². The van der Waals surface area contributed by atoms with Gasteiger partial charge in [0.05, 0.1) is 6.61 Å². The molecule has 3 heteroatoms. The van der Waals surface area contributed by atoms with Crippen LogP contribution in [0.4, 0.5) is 0 Å². The van der Waals surface area contributed by atoms with Crippen molar-refractivity contribution >= 4 is 0 Å². The summed E-state index contributed by atoms with van der Waals surface area (Å²) in [6.45, 7) is 6.52. The molecule has 0 bridgehead atoms. The quantitative estimate of drug-likeness (QED) is 0.865. The lowest BCUT2D eigenvalue weighted by atomic mass is 9.96.